The third kappa shape index (κ3) is 2.57. The highest BCUT2D eigenvalue weighted by Gasteiger charge is 2.11. The van der Waals surface area contributed by atoms with E-state index in [2.05, 4.69) is 25.9 Å². The van der Waals surface area contributed by atoms with Crippen LogP contribution in [-0.2, 0) is 0 Å². The first-order valence-electron chi connectivity index (χ1n) is 5.53. The number of aryl methyl sites for hydroxylation is 1. The van der Waals surface area contributed by atoms with E-state index in [4.69, 9.17) is 5.73 Å². The molecule has 0 radical (unpaired) electrons. The Morgan fingerprint density at radius 1 is 1.39 bits per heavy atom. The first-order chi connectivity index (χ1) is 8.49. The molecule has 0 amide bonds. The number of rotatable bonds is 2. The van der Waals surface area contributed by atoms with Gasteiger partial charge in [-0.1, -0.05) is 0 Å². The van der Waals surface area contributed by atoms with Gasteiger partial charge in [0, 0.05) is 33.5 Å². The standard InChI is InChI=1S/C13H13BrFN3/c1-7(16)11-6-17-13(18-8(11)2)10-4-3-9(15)5-12(10)14/h3-7H,16H2,1-2H3. The molecule has 0 aliphatic rings. The lowest BCUT2D eigenvalue weighted by molar-refractivity contribution is 0.627. The molecule has 0 bridgehead atoms. The number of hydrogen-bond donors (Lipinski definition) is 1. The molecule has 0 aliphatic carbocycles. The predicted molar refractivity (Wildman–Crippen MR) is 72.5 cm³/mol. The van der Waals surface area contributed by atoms with Crippen LogP contribution < -0.4 is 5.73 Å². The molecule has 1 aromatic heterocycles. The van der Waals surface area contributed by atoms with Gasteiger partial charge in [-0.05, 0) is 48.0 Å². The molecular formula is C13H13BrFN3. The van der Waals surface area contributed by atoms with Crippen molar-refractivity contribution in [1.82, 2.24) is 9.97 Å². The van der Waals surface area contributed by atoms with Gasteiger partial charge in [0.05, 0.1) is 0 Å². The zero-order valence-electron chi connectivity index (χ0n) is 10.1. The normalized spacial score (nSPS) is 12.5. The molecule has 0 fully saturated rings. The van der Waals surface area contributed by atoms with Crippen LogP contribution in [0.5, 0.6) is 0 Å². The van der Waals surface area contributed by atoms with Crippen LogP contribution in [0, 0.1) is 12.7 Å². The zero-order chi connectivity index (χ0) is 13.3. The summed E-state index contributed by atoms with van der Waals surface area (Å²) >= 11 is 3.31. The average molecular weight is 310 g/mol. The van der Waals surface area contributed by atoms with Crippen molar-refractivity contribution < 1.29 is 4.39 Å². The van der Waals surface area contributed by atoms with Gasteiger partial charge in [0.25, 0.3) is 0 Å². The van der Waals surface area contributed by atoms with Crippen molar-refractivity contribution in [3.63, 3.8) is 0 Å². The number of hydrogen-bond acceptors (Lipinski definition) is 3. The SMILES string of the molecule is Cc1nc(-c2ccc(F)cc2Br)ncc1C(C)N. The molecule has 94 valence electrons. The molecule has 2 aromatic rings. The third-order valence-electron chi connectivity index (χ3n) is 2.68. The van der Waals surface area contributed by atoms with Gasteiger partial charge in [-0.15, -0.1) is 0 Å². The highest BCUT2D eigenvalue weighted by atomic mass is 79.9. The summed E-state index contributed by atoms with van der Waals surface area (Å²) in [5.41, 5.74) is 8.33. The Kier molecular flexibility index (Phi) is 3.73. The second-order valence-corrected chi connectivity index (χ2v) is 5.00. The fourth-order valence-electron chi connectivity index (χ4n) is 1.72. The van der Waals surface area contributed by atoms with Crippen LogP contribution in [0.3, 0.4) is 0 Å². The van der Waals surface area contributed by atoms with Crippen molar-refractivity contribution in [3.8, 4) is 11.4 Å². The van der Waals surface area contributed by atoms with Gasteiger partial charge < -0.3 is 5.73 Å². The van der Waals surface area contributed by atoms with Crippen LogP contribution in [0.15, 0.2) is 28.9 Å². The maximum atomic E-state index is 13.0. The van der Waals surface area contributed by atoms with Crippen molar-refractivity contribution in [2.24, 2.45) is 5.73 Å². The van der Waals surface area contributed by atoms with Gasteiger partial charge in [-0.2, -0.15) is 0 Å². The van der Waals surface area contributed by atoms with Crippen molar-refractivity contribution >= 4 is 15.9 Å². The summed E-state index contributed by atoms with van der Waals surface area (Å²) in [6.07, 6.45) is 1.72. The predicted octanol–water partition coefficient (Wildman–Crippen LogP) is 3.37. The highest BCUT2D eigenvalue weighted by Crippen LogP contribution is 2.27. The van der Waals surface area contributed by atoms with Crippen LogP contribution in [0.4, 0.5) is 4.39 Å². The first-order valence-corrected chi connectivity index (χ1v) is 6.33. The van der Waals surface area contributed by atoms with Crippen molar-refractivity contribution in [1.29, 1.82) is 0 Å². The summed E-state index contributed by atoms with van der Waals surface area (Å²) in [4.78, 5) is 8.69. The monoisotopic (exact) mass is 309 g/mol. The molecular weight excluding hydrogens is 297 g/mol. The van der Waals surface area contributed by atoms with Crippen LogP contribution in [0.1, 0.15) is 24.2 Å². The lowest BCUT2D eigenvalue weighted by Crippen LogP contribution is -2.09. The molecule has 0 aliphatic heterocycles. The van der Waals surface area contributed by atoms with E-state index in [1.807, 2.05) is 13.8 Å². The molecule has 1 aromatic carbocycles. The van der Waals surface area contributed by atoms with Crippen LogP contribution in [0.2, 0.25) is 0 Å². The number of benzene rings is 1. The second-order valence-electron chi connectivity index (χ2n) is 4.15. The van der Waals surface area contributed by atoms with E-state index in [1.54, 1.807) is 12.3 Å². The summed E-state index contributed by atoms with van der Waals surface area (Å²) in [6, 6.07) is 4.33. The maximum Gasteiger partial charge on any atom is 0.160 e. The average Bonchev–Trinajstić information content (AvgIpc) is 2.28. The fraction of sp³-hybridized carbons (Fsp3) is 0.231. The Bertz CT molecular complexity index is 584. The van der Waals surface area contributed by atoms with E-state index in [0.29, 0.717) is 10.3 Å². The quantitative estimate of drug-likeness (QED) is 0.925. The van der Waals surface area contributed by atoms with E-state index in [1.165, 1.54) is 12.1 Å². The van der Waals surface area contributed by atoms with Crippen LogP contribution in [0.25, 0.3) is 11.4 Å². The molecule has 1 atom stereocenters. The van der Waals surface area contributed by atoms with Gasteiger partial charge in [0.1, 0.15) is 5.82 Å². The van der Waals surface area contributed by atoms with Gasteiger partial charge in [-0.25, -0.2) is 14.4 Å². The minimum atomic E-state index is -0.297. The highest BCUT2D eigenvalue weighted by molar-refractivity contribution is 9.10. The molecule has 2 rings (SSSR count). The van der Waals surface area contributed by atoms with Crippen molar-refractivity contribution in [2.75, 3.05) is 0 Å². The molecule has 18 heavy (non-hydrogen) atoms. The lowest BCUT2D eigenvalue weighted by Gasteiger charge is -2.10. The Labute approximate surface area is 113 Å². The molecule has 2 N–H and O–H groups in total. The van der Waals surface area contributed by atoms with Crippen molar-refractivity contribution in [3.05, 3.63) is 45.9 Å². The molecule has 0 spiro atoms. The van der Waals surface area contributed by atoms with E-state index in [0.717, 1.165) is 16.8 Å². The minimum Gasteiger partial charge on any atom is -0.324 e. The van der Waals surface area contributed by atoms with E-state index >= 15 is 0 Å². The molecule has 0 saturated carbocycles. The van der Waals surface area contributed by atoms with E-state index in [-0.39, 0.29) is 11.9 Å². The largest absolute Gasteiger partial charge is 0.324 e. The Balaban J connectivity index is 2.49. The first kappa shape index (κ1) is 13.1. The summed E-state index contributed by atoms with van der Waals surface area (Å²) in [7, 11) is 0. The van der Waals surface area contributed by atoms with Gasteiger partial charge in [0.15, 0.2) is 5.82 Å². The number of nitrogens with two attached hydrogens (primary N) is 1. The molecule has 5 heteroatoms. The minimum absolute atomic E-state index is 0.101. The third-order valence-corrected chi connectivity index (χ3v) is 3.34. The van der Waals surface area contributed by atoms with E-state index < -0.39 is 0 Å². The van der Waals surface area contributed by atoms with Crippen LogP contribution in [-0.4, -0.2) is 9.97 Å². The topological polar surface area (TPSA) is 51.8 Å². The molecule has 3 nitrogen and oxygen atoms in total. The Morgan fingerprint density at radius 3 is 2.67 bits per heavy atom. The van der Waals surface area contributed by atoms with E-state index in [9.17, 15) is 4.39 Å². The molecule has 1 unspecified atom stereocenters. The lowest BCUT2D eigenvalue weighted by atomic mass is 10.1. The van der Waals surface area contributed by atoms with Gasteiger partial charge >= 0.3 is 0 Å². The maximum absolute atomic E-state index is 13.0. The van der Waals surface area contributed by atoms with Crippen LogP contribution >= 0.6 is 15.9 Å². The summed E-state index contributed by atoms with van der Waals surface area (Å²) in [5.74, 6) is 0.262. The Morgan fingerprint density at radius 2 is 2.11 bits per heavy atom. The summed E-state index contributed by atoms with van der Waals surface area (Å²) in [6.45, 7) is 3.78. The second kappa shape index (κ2) is 5.12. The van der Waals surface area contributed by atoms with Gasteiger partial charge in [-0.3, -0.25) is 0 Å². The zero-order valence-corrected chi connectivity index (χ0v) is 11.7. The smallest absolute Gasteiger partial charge is 0.160 e. The fourth-order valence-corrected chi connectivity index (χ4v) is 2.25. The molecule has 0 saturated heterocycles. The Hall–Kier alpha value is -1.33. The summed E-state index contributed by atoms with van der Waals surface area (Å²) in [5, 5.41) is 0. The molecule has 1 heterocycles. The number of aromatic nitrogens is 2. The summed E-state index contributed by atoms with van der Waals surface area (Å²) < 4.78 is 13.7. The number of halogens is 2. The number of nitrogens with zero attached hydrogens (tertiary/aromatic N) is 2. The van der Waals surface area contributed by atoms with Gasteiger partial charge in [0.2, 0.25) is 0 Å². The van der Waals surface area contributed by atoms with Crippen molar-refractivity contribution in [2.45, 2.75) is 19.9 Å².